The Balaban J connectivity index is 1.70. The van der Waals surface area contributed by atoms with Gasteiger partial charge in [-0.25, -0.2) is 0 Å². The fraction of sp³-hybridized carbons (Fsp3) is 0.579. The highest BCUT2D eigenvalue weighted by Crippen LogP contribution is 2.17. The van der Waals surface area contributed by atoms with Crippen molar-refractivity contribution in [3.05, 3.63) is 24.3 Å². The minimum atomic E-state index is -0.189. The van der Waals surface area contributed by atoms with Gasteiger partial charge in [0.25, 0.3) is 5.91 Å². The number of hydrogen-bond donors (Lipinski definition) is 3. The Kier molecular flexibility index (Phi) is 8.37. The largest absolute Gasteiger partial charge is 0.484 e. The molecule has 1 aromatic rings. The van der Waals surface area contributed by atoms with E-state index < -0.39 is 0 Å². The normalized spacial score (nSPS) is 17.5. The van der Waals surface area contributed by atoms with Crippen molar-refractivity contribution in [2.24, 2.45) is 0 Å². The van der Waals surface area contributed by atoms with Crippen LogP contribution >= 0.6 is 0 Å². The maximum absolute atomic E-state index is 11.9. The second kappa shape index (κ2) is 10.8. The first kappa shape index (κ1) is 20.2. The molecule has 7 nitrogen and oxygen atoms in total. The van der Waals surface area contributed by atoms with Crippen molar-refractivity contribution in [3.8, 4) is 5.75 Å². The van der Waals surface area contributed by atoms with Gasteiger partial charge in [-0.1, -0.05) is 19.4 Å². The van der Waals surface area contributed by atoms with Crippen LogP contribution in [0.15, 0.2) is 24.3 Å². The number of rotatable bonds is 9. The fourth-order valence-electron chi connectivity index (χ4n) is 3.01. The highest BCUT2D eigenvalue weighted by molar-refractivity contribution is 5.90. The standard InChI is InChI=1S/C19H29N3O4/c1-2-18(24)21-15-6-5-8-17(12-15)26-14-19(25)20-9-11-22-10-4-3-7-16(22)13-23/h5-6,8,12,16,23H,2-4,7,9-11,13-14H2,1H3,(H,20,25)(H,21,24)/t16-/m0/s1. The van der Waals surface area contributed by atoms with E-state index >= 15 is 0 Å². The lowest BCUT2D eigenvalue weighted by molar-refractivity contribution is -0.123. The zero-order valence-electron chi connectivity index (χ0n) is 15.4. The molecule has 1 fully saturated rings. The zero-order valence-corrected chi connectivity index (χ0v) is 15.4. The molecule has 1 aromatic carbocycles. The maximum atomic E-state index is 11.9. The summed E-state index contributed by atoms with van der Waals surface area (Å²) in [6, 6.07) is 7.19. The van der Waals surface area contributed by atoms with Crippen LogP contribution in [0.3, 0.4) is 0 Å². The van der Waals surface area contributed by atoms with E-state index in [0.29, 0.717) is 24.4 Å². The van der Waals surface area contributed by atoms with Crippen LogP contribution in [0, 0.1) is 0 Å². The first-order valence-corrected chi connectivity index (χ1v) is 9.26. The summed E-state index contributed by atoms with van der Waals surface area (Å²) in [5, 5.41) is 15.0. The van der Waals surface area contributed by atoms with Crippen molar-refractivity contribution in [1.29, 1.82) is 0 Å². The number of benzene rings is 1. The highest BCUT2D eigenvalue weighted by atomic mass is 16.5. The molecule has 2 amide bonds. The van der Waals surface area contributed by atoms with E-state index in [4.69, 9.17) is 4.74 Å². The van der Waals surface area contributed by atoms with Crippen LogP contribution in [0.2, 0.25) is 0 Å². The SMILES string of the molecule is CCC(=O)Nc1cccc(OCC(=O)NCCN2CCCC[C@H]2CO)c1. The summed E-state index contributed by atoms with van der Waals surface area (Å²) < 4.78 is 5.49. The molecule has 0 unspecified atom stereocenters. The minimum absolute atomic E-state index is 0.0706. The summed E-state index contributed by atoms with van der Waals surface area (Å²) in [4.78, 5) is 25.6. The molecule has 0 aliphatic carbocycles. The van der Waals surface area contributed by atoms with Crippen LogP contribution in [0.4, 0.5) is 5.69 Å². The van der Waals surface area contributed by atoms with Gasteiger partial charge in [-0.05, 0) is 31.5 Å². The van der Waals surface area contributed by atoms with Gasteiger partial charge >= 0.3 is 0 Å². The van der Waals surface area contributed by atoms with Gasteiger partial charge in [0, 0.05) is 37.3 Å². The lowest BCUT2D eigenvalue weighted by Gasteiger charge is -2.34. The molecule has 2 rings (SSSR count). The van der Waals surface area contributed by atoms with Gasteiger partial charge in [0.15, 0.2) is 6.61 Å². The number of ether oxygens (including phenoxy) is 1. The maximum Gasteiger partial charge on any atom is 0.257 e. The third-order valence-corrected chi connectivity index (χ3v) is 4.49. The number of anilines is 1. The Bertz CT molecular complexity index is 594. The molecule has 1 aliphatic rings. The molecule has 1 heterocycles. The summed E-state index contributed by atoms with van der Waals surface area (Å²) in [5.74, 6) is 0.273. The second-order valence-corrected chi connectivity index (χ2v) is 6.44. The van der Waals surface area contributed by atoms with Crippen molar-refractivity contribution in [2.45, 2.75) is 38.6 Å². The third-order valence-electron chi connectivity index (χ3n) is 4.49. The van der Waals surface area contributed by atoms with Crippen LogP contribution in [0.25, 0.3) is 0 Å². The quantitative estimate of drug-likeness (QED) is 0.617. The first-order valence-electron chi connectivity index (χ1n) is 9.26. The van der Waals surface area contributed by atoms with E-state index in [1.165, 1.54) is 0 Å². The van der Waals surface area contributed by atoms with Gasteiger partial charge in [0.05, 0.1) is 6.61 Å². The van der Waals surface area contributed by atoms with Gasteiger partial charge in [0.1, 0.15) is 5.75 Å². The Morgan fingerprint density at radius 3 is 2.92 bits per heavy atom. The van der Waals surface area contributed by atoms with E-state index in [-0.39, 0.29) is 31.1 Å². The van der Waals surface area contributed by atoms with Gasteiger partial charge < -0.3 is 20.5 Å². The van der Waals surface area contributed by atoms with Crippen LogP contribution in [-0.4, -0.2) is 60.7 Å². The number of carbonyl (C=O) groups is 2. The first-order chi connectivity index (χ1) is 12.6. The van der Waals surface area contributed by atoms with E-state index in [0.717, 1.165) is 32.4 Å². The average molecular weight is 363 g/mol. The summed E-state index contributed by atoms with van der Waals surface area (Å²) in [7, 11) is 0. The molecule has 7 heteroatoms. The van der Waals surface area contributed by atoms with Crippen LogP contribution in [-0.2, 0) is 9.59 Å². The van der Waals surface area contributed by atoms with E-state index in [1.54, 1.807) is 31.2 Å². The number of hydrogen-bond acceptors (Lipinski definition) is 5. The Morgan fingerprint density at radius 2 is 2.15 bits per heavy atom. The van der Waals surface area contributed by atoms with Crippen molar-refractivity contribution in [3.63, 3.8) is 0 Å². The van der Waals surface area contributed by atoms with Crippen LogP contribution < -0.4 is 15.4 Å². The van der Waals surface area contributed by atoms with Crippen LogP contribution in [0.5, 0.6) is 5.75 Å². The molecule has 3 N–H and O–H groups in total. The highest BCUT2D eigenvalue weighted by Gasteiger charge is 2.21. The number of carbonyl (C=O) groups excluding carboxylic acids is 2. The van der Waals surface area contributed by atoms with Gasteiger partial charge in [-0.15, -0.1) is 0 Å². The Labute approximate surface area is 154 Å². The molecule has 0 bridgehead atoms. The molecule has 144 valence electrons. The van der Waals surface area contributed by atoms with Crippen molar-refractivity contribution in [2.75, 3.05) is 38.2 Å². The number of amides is 2. The van der Waals surface area contributed by atoms with E-state index in [2.05, 4.69) is 15.5 Å². The monoisotopic (exact) mass is 363 g/mol. The van der Waals surface area contributed by atoms with E-state index in [9.17, 15) is 14.7 Å². The number of likely N-dealkylation sites (tertiary alicyclic amines) is 1. The number of nitrogens with zero attached hydrogens (tertiary/aromatic N) is 1. The molecule has 26 heavy (non-hydrogen) atoms. The topological polar surface area (TPSA) is 90.9 Å². The van der Waals surface area contributed by atoms with Crippen molar-refractivity contribution >= 4 is 17.5 Å². The second-order valence-electron chi connectivity index (χ2n) is 6.44. The molecule has 1 saturated heterocycles. The Morgan fingerprint density at radius 1 is 1.31 bits per heavy atom. The smallest absolute Gasteiger partial charge is 0.257 e. The Hall–Kier alpha value is -2.12. The summed E-state index contributed by atoms with van der Waals surface area (Å²) in [6.07, 6.45) is 3.71. The molecule has 0 saturated carbocycles. The number of aliphatic hydroxyl groups is 1. The number of piperidine rings is 1. The number of aliphatic hydroxyl groups excluding tert-OH is 1. The lowest BCUT2D eigenvalue weighted by atomic mass is 10.0. The lowest BCUT2D eigenvalue weighted by Crippen LogP contribution is -2.46. The minimum Gasteiger partial charge on any atom is -0.484 e. The fourth-order valence-corrected chi connectivity index (χ4v) is 3.01. The van der Waals surface area contributed by atoms with Gasteiger partial charge in [-0.3, -0.25) is 14.5 Å². The van der Waals surface area contributed by atoms with Crippen molar-refractivity contribution in [1.82, 2.24) is 10.2 Å². The number of nitrogens with one attached hydrogen (secondary N) is 2. The van der Waals surface area contributed by atoms with Gasteiger partial charge in [0.2, 0.25) is 5.91 Å². The predicted molar refractivity (Wildman–Crippen MR) is 100 cm³/mol. The molecular weight excluding hydrogens is 334 g/mol. The summed E-state index contributed by atoms with van der Waals surface area (Å²) >= 11 is 0. The summed E-state index contributed by atoms with van der Waals surface area (Å²) in [5.41, 5.74) is 0.648. The zero-order chi connectivity index (χ0) is 18.8. The molecule has 0 aromatic heterocycles. The molecule has 0 radical (unpaired) electrons. The summed E-state index contributed by atoms with van der Waals surface area (Å²) in [6.45, 7) is 4.11. The van der Waals surface area contributed by atoms with Crippen molar-refractivity contribution < 1.29 is 19.4 Å². The predicted octanol–water partition coefficient (Wildman–Crippen LogP) is 1.38. The molecular formula is C19H29N3O4. The van der Waals surface area contributed by atoms with Gasteiger partial charge in [-0.2, -0.15) is 0 Å². The third kappa shape index (κ3) is 6.65. The molecule has 1 atom stereocenters. The molecule has 1 aliphatic heterocycles. The van der Waals surface area contributed by atoms with Crippen LogP contribution in [0.1, 0.15) is 32.6 Å². The average Bonchev–Trinajstić information content (AvgIpc) is 2.67. The molecule has 0 spiro atoms. The van der Waals surface area contributed by atoms with E-state index in [1.807, 2.05) is 0 Å².